The summed E-state index contributed by atoms with van der Waals surface area (Å²) in [7, 11) is 0. The fourth-order valence-electron chi connectivity index (χ4n) is 3.52. The molecule has 0 aliphatic heterocycles. The molecule has 6 nitrogen and oxygen atoms in total. The molecule has 4 aromatic rings. The number of hydrogen-bond acceptors (Lipinski definition) is 3. The second-order valence-electron chi connectivity index (χ2n) is 9.54. The summed E-state index contributed by atoms with van der Waals surface area (Å²) >= 11 is 0. The molecule has 0 atom stereocenters. The Labute approximate surface area is 169 Å². The van der Waals surface area contributed by atoms with Gasteiger partial charge in [0.25, 0.3) is 0 Å². The molecular formula is C23H27N3O3. The first-order chi connectivity index (χ1) is 13.4. The van der Waals surface area contributed by atoms with E-state index in [1.54, 1.807) is 6.07 Å². The van der Waals surface area contributed by atoms with Crippen molar-refractivity contribution >= 4 is 17.0 Å². The molecule has 29 heavy (non-hydrogen) atoms. The first kappa shape index (κ1) is 19.2. The Balaban J connectivity index is 1.87. The van der Waals surface area contributed by atoms with E-state index in [4.69, 9.17) is 4.74 Å². The van der Waals surface area contributed by atoms with Gasteiger partial charge in [-0.2, -0.15) is 0 Å². The van der Waals surface area contributed by atoms with Crippen LogP contribution in [0.5, 0.6) is 11.5 Å². The quantitative estimate of drug-likeness (QED) is 0.309. The number of nitrogens with zero attached hydrogens (tertiary/aromatic N) is 3. The average molecular weight is 393 g/mol. The van der Waals surface area contributed by atoms with Crippen LogP contribution in [-0.2, 0) is 15.6 Å². The smallest absolute Gasteiger partial charge is 0.335 e. The topological polar surface area (TPSA) is 60.3 Å². The van der Waals surface area contributed by atoms with Gasteiger partial charge in [-0.1, -0.05) is 54.2 Å². The van der Waals surface area contributed by atoms with Gasteiger partial charge in [-0.05, 0) is 34.6 Å². The van der Waals surface area contributed by atoms with Gasteiger partial charge in [-0.15, -0.1) is 14.1 Å². The van der Waals surface area contributed by atoms with Crippen molar-refractivity contribution < 1.29 is 14.6 Å². The average Bonchev–Trinajstić information content (AvgIpc) is 3.27. The number of rotatable bonds is 3. The fraction of sp³-hybridized carbons (Fsp3) is 0.348. The van der Waals surface area contributed by atoms with Crippen LogP contribution in [0.1, 0.15) is 52.7 Å². The molecule has 0 saturated carbocycles. The van der Waals surface area contributed by atoms with E-state index in [9.17, 15) is 9.90 Å². The van der Waals surface area contributed by atoms with Crippen LogP contribution in [0, 0.1) is 0 Å². The van der Waals surface area contributed by atoms with Gasteiger partial charge in [0.1, 0.15) is 28.2 Å². The lowest BCUT2D eigenvalue weighted by atomic mass is 9.80. The molecule has 0 unspecified atom stereocenters. The summed E-state index contributed by atoms with van der Waals surface area (Å²) in [6.45, 7) is 16.2. The summed E-state index contributed by atoms with van der Waals surface area (Å²) in [4.78, 5) is 13.4. The van der Waals surface area contributed by atoms with Crippen LogP contribution in [0.25, 0.3) is 16.7 Å². The van der Waals surface area contributed by atoms with Crippen molar-refractivity contribution in [3.05, 3.63) is 54.1 Å². The van der Waals surface area contributed by atoms with E-state index in [-0.39, 0.29) is 16.6 Å². The van der Waals surface area contributed by atoms with Crippen molar-refractivity contribution in [2.75, 3.05) is 0 Å². The van der Waals surface area contributed by atoms with Crippen LogP contribution < -0.4 is 4.74 Å². The summed E-state index contributed by atoms with van der Waals surface area (Å²) in [5.41, 5.74) is 4.47. The SMILES string of the molecule is C=CC(=O)Oc1ccc2c(c1)n1n(-c3cc(C(C)(C)C)cc(C(C)(C)C)c3O)n21. The van der Waals surface area contributed by atoms with Gasteiger partial charge in [0, 0.05) is 17.7 Å². The number of carbonyl (C=O) groups is 1. The highest BCUT2D eigenvalue weighted by Gasteiger charge is 2.31. The third-order valence-corrected chi connectivity index (χ3v) is 5.25. The molecule has 2 heterocycles. The molecular weight excluding hydrogens is 366 g/mol. The molecule has 2 aromatic carbocycles. The van der Waals surface area contributed by atoms with Gasteiger partial charge in [-0.25, -0.2) is 4.79 Å². The van der Waals surface area contributed by atoms with Crippen molar-refractivity contribution in [1.82, 2.24) is 14.1 Å². The van der Waals surface area contributed by atoms with Crippen molar-refractivity contribution in [1.29, 1.82) is 0 Å². The largest absolute Gasteiger partial charge is 0.505 e. The molecule has 0 saturated heterocycles. The minimum atomic E-state index is -0.492. The zero-order chi connectivity index (χ0) is 21.3. The van der Waals surface area contributed by atoms with Gasteiger partial charge in [0.2, 0.25) is 0 Å². The van der Waals surface area contributed by atoms with E-state index in [0.717, 1.165) is 33.9 Å². The molecule has 6 heteroatoms. The highest BCUT2D eigenvalue weighted by atomic mass is 16.5. The summed E-state index contributed by atoms with van der Waals surface area (Å²) in [6.07, 6.45) is 1.14. The van der Waals surface area contributed by atoms with E-state index in [2.05, 4.69) is 54.2 Å². The minimum absolute atomic E-state index is 0.0545. The number of hydrogen-bond donors (Lipinski definition) is 1. The summed E-state index contributed by atoms with van der Waals surface area (Å²) in [5.74, 6) is 0.251. The van der Waals surface area contributed by atoms with Crippen LogP contribution in [0.2, 0.25) is 0 Å². The normalized spacial score (nSPS) is 12.9. The fourth-order valence-corrected chi connectivity index (χ4v) is 3.52. The lowest BCUT2D eigenvalue weighted by Crippen LogP contribution is -2.17. The highest BCUT2D eigenvalue weighted by molar-refractivity contribution is 5.86. The number of esters is 1. The van der Waals surface area contributed by atoms with Gasteiger partial charge < -0.3 is 9.84 Å². The molecule has 2 aromatic heterocycles. The van der Waals surface area contributed by atoms with Crippen molar-refractivity contribution in [2.24, 2.45) is 0 Å². The van der Waals surface area contributed by atoms with Crippen molar-refractivity contribution in [3.8, 4) is 17.2 Å². The summed E-state index contributed by atoms with van der Waals surface area (Å²) in [5, 5.41) is 11.1. The van der Waals surface area contributed by atoms with E-state index in [0.29, 0.717) is 5.75 Å². The number of fused-ring (bicyclic) bond motifs is 4. The molecule has 0 radical (unpaired) electrons. The molecule has 0 aliphatic carbocycles. The monoisotopic (exact) mass is 393 g/mol. The molecule has 1 N–H and O–H groups in total. The second-order valence-corrected chi connectivity index (χ2v) is 9.54. The van der Waals surface area contributed by atoms with Gasteiger partial charge in [0.05, 0.1) is 0 Å². The van der Waals surface area contributed by atoms with Crippen LogP contribution in [0.4, 0.5) is 0 Å². The van der Waals surface area contributed by atoms with Gasteiger partial charge in [0.15, 0.2) is 0 Å². The zero-order valence-corrected chi connectivity index (χ0v) is 17.8. The number of aromatic hydroxyl groups is 1. The van der Waals surface area contributed by atoms with E-state index in [1.165, 1.54) is 0 Å². The Bertz CT molecular complexity index is 1240. The minimum Gasteiger partial charge on any atom is -0.505 e. The Morgan fingerprint density at radius 1 is 1.00 bits per heavy atom. The number of phenols is 1. The Hall–Kier alpha value is -3.15. The Morgan fingerprint density at radius 2 is 1.66 bits per heavy atom. The first-order valence-corrected chi connectivity index (χ1v) is 9.70. The van der Waals surface area contributed by atoms with E-state index in [1.807, 2.05) is 32.3 Å². The maximum atomic E-state index is 11.5. The van der Waals surface area contributed by atoms with E-state index >= 15 is 0 Å². The van der Waals surface area contributed by atoms with Crippen molar-refractivity contribution in [3.63, 3.8) is 0 Å². The molecule has 0 amide bonds. The van der Waals surface area contributed by atoms with Gasteiger partial charge in [-0.3, -0.25) is 0 Å². The molecule has 0 spiro atoms. The zero-order valence-electron chi connectivity index (χ0n) is 17.8. The lowest BCUT2D eigenvalue weighted by molar-refractivity contribution is -0.128. The van der Waals surface area contributed by atoms with Crippen molar-refractivity contribution in [2.45, 2.75) is 52.4 Å². The van der Waals surface area contributed by atoms with Crippen LogP contribution in [0.3, 0.4) is 0 Å². The number of aromatic nitrogens is 3. The van der Waals surface area contributed by atoms with E-state index < -0.39 is 5.97 Å². The maximum Gasteiger partial charge on any atom is 0.335 e. The molecule has 0 aliphatic rings. The third-order valence-electron chi connectivity index (χ3n) is 5.25. The second kappa shape index (κ2) is 5.92. The molecule has 0 fully saturated rings. The summed E-state index contributed by atoms with van der Waals surface area (Å²) < 4.78 is 9.14. The molecule has 4 rings (SSSR count). The Morgan fingerprint density at radius 3 is 2.24 bits per heavy atom. The highest BCUT2D eigenvalue weighted by Crippen LogP contribution is 2.41. The molecule has 152 valence electrons. The number of phenolic OH excluding ortho intramolecular Hbond substituents is 1. The standard InChI is InChI=1S/C23H27N3O3/c1-8-20(27)29-15-9-10-17-18(13-15)25-24(17)26(25)19-12-14(22(2,3)4)11-16(21(19)28)23(5,6)7/h8-13,28H,1H2,2-7H3. The third kappa shape index (κ3) is 2.99. The number of carbonyl (C=O) groups excluding carboxylic acids is 1. The van der Waals surface area contributed by atoms with Crippen LogP contribution in [-0.4, -0.2) is 25.1 Å². The summed E-state index contributed by atoms with van der Waals surface area (Å²) in [6, 6.07) is 9.60. The number of benzene rings is 2. The van der Waals surface area contributed by atoms with Crippen LogP contribution in [0.15, 0.2) is 43.0 Å². The Kier molecular flexibility index (Phi) is 3.92. The number of ether oxygens (including phenoxy) is 1. The van der Waals surface area contributed by atoms with Crippen LogP contribution >= 0.6 is 0 Å². The predicted octanol–water partition coefficient (Wildman–Crippen LogP) is 4.81. The van der Waals surface area contributed by atoms with Gasteiger partial charge >= 0.3 is 5.97 Å². The predicted molar refractivity (Wildman–Crippen MR) is 114 cm³/mol. The lowest BCUT2D eigenvalue weighted by Gasteiger charge is -2.26. The molecule has 0 bridgehead atoms. The maximum absolute atomic E-state index is 11.5. The first-order valence-electron chi connectivity index (χ1n) is 9.70.